The van der Waals surface area contributed by atoms with E-state index < -0.39 is 12.1 Å². The number of hydrogen-bond donors (Lipinski definition) is 4. The maximum Gasteiger partial charge on any atom is 0.321 e. The quantitative estimate of drug-likeness (QED) is 0.589. The first-order valence-corrected chi connectivity index (χ1v) is 9.61. The van der Waals surface area contributed by atoms with Gasteiger partial charge in [-0.15, -0.1) is 0 Å². The molecule has 1 saturated carbocycles. The fraction of sp³-hybridized carbons (Fsp3) is 0.550. The molecule has 148 valence electrons. The maximum atomic E-state index is 12.2. The van der Waals surface area contributed by atoms with Crippen LogP contribution in [0, 0.1) is 5.92 Å². The summed E-state index contributed by atoms with van der Waals surface area (Å²) in [6, 6.07) is 6.28. The van der Waals surface area contributed by atoms with Crippen molar-refractivity contribution in [1.82, 2.24) is 10.6 Å². The topological polar surface area (TPSA) is 99.3 Å². The van der Waals surface area contributed by atoms with E-state index >= 15 is 0 Å². The van der Waals surface area contributed by atoms with Crippen LogP contribution >= 0.6 is 0 Å². The Morgan fingerprint density at radius 1 is 1.00 bits per heavy atom. The Labute approximate surface area is 160 Å². The summed E-state index contributed by atoms with van der Waals surface area (Å²) < 4.78 is 0. The lowest BCUT2D eigenvalue weighted by Gasteiger charge is -2.17. The summed E-state index contributed by atoms with van der Waals surface area (Å²) in [6.45, 7) is 5.68. The van der Waals surface area contributed by atoms with Gasteiger partial charge in [-0.1, -0.05) is 26.7 Å². The molecule has 7 heteroatoms. The molecular formula is C20H30N4O3. The van der Waals surface area contributed by atoms with E-state index in [0.29, 0.717) is 18.0 Å². The monoisotopic (exact) mass is 374 g/mol. The number of hydrogen-bond acceptors (Lipinski definition) is 4. The van der Waals surface area contributed by atoms with E-state index in [1.807, 2.05) is 13.8 Å². The molecule has 27 heavy (non-hydrogen) atoms. The smallest absolute Gasteiger partial charge is 0.321 e. The van der Waals surface area contributed by atoms with Crippen LogP contribution in [0.1, 0.15) is 52.9 Å². The maximum absolute atomic E-state index is 12.2. The van der Waals surface area contributed by atoms with Gasteiger partial charge in [0.05, 0.1) is 0 Å². The summed E-state index contributed by atoms with van der Waals surface area (Å²) in [6.07, 6.45) is 4.64. The molecule has 1 aliphatic carbocycles. The van der Waals surface area contributed by atoms with E-state index in [9.17, 15) is 14.4 Å². The zero-order valence-corrected chi connectivity index (χ0v) is 16.3. The molecule has 1 atom stereocenters. The Morgan fingerprint density at radius 2 is 1.59 bits per heavy atom. The number of anilines is 2. The van der Waals surface area contributed by atoms with Crippen molar-refractivity contribution in [2.24, 2.45) is 5.92 Å². The molecule has 0 heterocycles. The molecule has 2 rings (SSSR count). The molecule has 0 aromatic heterocycles. The lowest BCUT2D eigenvalue weighted by molar-refractivity contribution is -0.120. The number of urea groups is 1. The second-order valence-corrected chi connectivity index (χ2v) is 7.53. The van der Waals surface area contributed by atoms with Gasteiger partial charge in [-0.25, -0.2) is 4.79 Å². The predicted molar refractivity (Wildman–Crippen MR) is 107 cm³/mol. The van der Waals surface area contributed by atoms with E-state index in [1.54, 1.807) is 31.2 Å². The van der Waals surface area contributed by atoms with Gasteiger partial charge in [0.15, 0.2) is 0 Å². The largest absolute Gasteiger partial charge is 0.374 e. The number of nitrogens with one attached hydrogen (secondary N) is 4. The zero-order chi connectivity index (χ0) is 19.8. The number of rotatable bonds is 7. The first-order chi connectivity index (χ1) is 12.8. The molecule has 4 amide bonds. The lowest BCUT2D eigenvalue weighted by atomic mass is 10.1. The number of imide groups is 1. The highest BCUT2D eigenvalue weighted by Crippen LogP contribution is 2.17. The molecule has 0 bridgehead atoms. The van der Waals surface area contributed by atoms with Crippen LogP contribution in [-0.4, -0.2) is 29.9 Å². The van der Waals surface area contributed by atoms with Gasteiger partial charge in [0.2, 0.25) is 11.8 Å². The Bertz CT molecular complexity index is 652. The van der Waals surface area contributed by atoms with E-state index in [1.165, 1.54) is 0 Å². The standard InChI is InChI=1S/C20H30N4O3/c1-13(2)12-18(25)22-17-10-8-16(9-11-17)21-14(3)19(26)24-20(27)23-15-6-4-5-7-15/h8-11,13-15,21H,4-7,12H2,1-3H3,(H,22,25)(H2,23,24,26,27). The van der Waals surface area contributed by atoms with Gasteiger partial charge in [0.25, 0.3) is 0 Å². The van der Waals surface area contributed by atoms with Crippen LogP contribution in [0.25, 0.3) is 0 Å². The third kappa shape index (κ3) is 7.29. The molecular weight excluding hydrogens is 344 g/mol. The van der Waals surface area contributed by atoms with Gasteiger partial charge < -0.3 is 16.0 Å². The number of carbonyl (C=O) groups is 3. The van der Waals surface area contributed by atoms with Gasteiger partial charge in [-0.05, 0) is 49.9 Å². The molecule has 0 aliphatic heterocycles. The Hall–Kier alpha value is -2.57. The van der Waals surface area contributed by atoms with Crippen LogP contribution in [0.4, 0.5) is 16.2 Å². The predicted octanol–water partition coefficient (Wildman–Crippen LogP) is 3.24. The minimum atomic E-state index is -0.569. The summed E-state index contributed by atoms with van der Waals surface area (Å²) in [4.78, 5) is 35.8. The van der Waals surface area contributed by atoms with Crippen molar-refractivity contribution in [1.29, 1.82) is 0 Å². The Kier molecular flexibility index (Phi) is 7.64. The minimum Gasteiger partial charge on any atom is -0.374 e. The van der Waals surface area contributed by atoms with E-state index in [-0.39, 0.29) is 17.9 Å². The van der Waals surface area contributed by atoms with Crippen LogP contribution < -0.4 is 21.3 Å². The van der Waals surface area contributed by atoms with Gasteiger partial charge in [-0.2, -0.15) is 0 Å². The van der Waals surface area contributed by atoms with Gasteiger partial charge in [-0.3, -0.25) is 14.9 Å². The third-order valence-corrected chi connectivity index (χ3v) is 4.47. The SMILES string of the molecule is CC(C)CC(=O)Nc1ccc(NC(C)C(=O)NC(=O)NC2CCCC2)cc1. The highest BCUT2D eigenvalue weighted by Gasteiger charge is 2.20. The first-order valence-electron chi connectivity index (χ1n) is 9.61. The fourth-order valence-corrected chi connectivity index (χ4v) is 3.06. The molecule has 1 aromatic rings. The summed E-state index contributed by atoms with van der Waals surface area (Å²) in [7, 11) is 0. The van der Waals surface area contributed by atoms with Crippen LogP contribution in [0.5, 0.6) is 0 Å². The van der Waals surface area contributed by atoms with E-state index in [2.05, 4.69) is 21.3 Å². The number of carbonyl (C=O) groups excluding carboxylic acids is 3. The number of amides is 4. The molecule has 1 aliphatic rings. The van der Waals surface area contributed by atoms with E-state index in [0.717, 1.165) is 31.4 Å². The van der Waals surface area contributed by atoms with Crippen molar-refractivity contribution in [3.05, 3.63) is 24.3 Å². The Balaban J connectivity index is 1.78. The fourth-order valence-electron chi connectivity index (χ4n) is 3.06. The molecule has 0 spiro atoms. The van der Waals surface area contributed by atoms with Crippen molar-refractivity contribution < 1.29 is 14.4 Å². The molecule has 0 radical (unpaired) electrons. The molecule has 4 N–H and O–H groups in total. The zero-order valence-electron chi connectivity index (χ0n) is 16.3. The average Bonchev–Trinajstić information content (AvgIpc) is 3.08. The molecule has 1 unspecified atom stereocenters. The first kappa shape index (κ1) is 20.7. The van der Waals surface area contributed by atoms with Crippen LogP contribution in [-0.2, 0) is 9.59 Å². The molecule has 1 aromatic carbocycles. The summed E-state index contributed by atoms with van der Waals surface area (Å²) in [5.41, 5.74) is 1.44. The van der Waals surface area contributed by atoms with Crippen LogP contribution in [0.15, 0.2) is 24.3 Å². The summed E-state index contributed by atoms with van der Waals surface area (Å²) >= 11 is 0. The van der Waals surface area contributed by atoms with Gasteiger partial charge >= 0.3 is 6.03 Å². The molecule has 7 nitrogen and oxygen atoms in total. The summed E-state index contributed by atoms with van der Waals surface area (Å²) in [5.74, 6) is -0.109. The normalized spacial score (nSPS) is 15.3. The Morgan fingerprint density at radius 3 is 2.19 bits per heavy atom. The minimum absolute atomic E-state index is 0.0215. The van der Waals surface area contributed by atoms with E-state index in [4.69, 9.17) is 0 Å². The molecule has 0 saturated heterocycles. The lowest BCUT2D eigenvalue weighted by Crippen LogP contribution is -2.48. The van der Waals surface area contributed by atoms with Crippen molar-refractivity contribution >= 4 is 29.2 Å². The van der Waals surface area contributed by atoms with Crippen molar-refractivity contribution in [2.45, 2.75) is 65.0 Å². The highest BCUT2D eigenvalue weighted by molar-refractivity contribution is 5.98. The third-order valence-electron chi connectivity index (χ3n) is 4.47. The molecule has 1 fully saturated rings. The van der Waals surface area contributed by atoms with Gasteiger partial charge in [0, 0.05) is 23.8 Å². The second-order valence-electron chi connectivity index (χ2n) is 7.53. The van der Waals surface area contributed by atoms with Crippen LogP contribution in [0.2, 0.25) is 0 Å². The highest BCUT2D eigenvalue weighted by atomic mass is 16.2. The second kappa shape index (κ2) is 9.94. The van der Waals surface area contributed by atoms with Crippen molar-refractivity contribution in [2.75, 3.05) is 10.6 Å². The van der Waals surface area contributed by atoms with Crippen molar-refractivity contribution in [3.8, 4) is 0 Å². The summed E-state index contributed by atoms with van der Waals surface area (Å²) in [5, 5.41) is 11.1. The van der Waals surface area contributed by atoms with Crippen LogP contribution in [0.3, 0.4) is 0 Å². The average molecular weight is 374 g/mol. The number of benzene rings is 1. The van der Waals surface area contributed by atoms with Crippen molar-refractivity contribution in [3.63, 3.8) is 0 Å². The van der Waals surface area contributed by atoms with Gasteiger partial charge in [0.1, 0.15) is 6.04 Å².